The summed E-state index contributed by atoms with van der Waals surface area (Å²) in [6, 6.07) is -0.446. The Hall–Kier alpha value is -0.870. The normalized spacial score (nSPS) is 19.1. The van der Waals surface area contributed by atoms with Crippen LogP contribution in [0.1, 0.15) is 26.2 Å². The largest absolute Gasteiger partial charge is 0.320 e. The van der Waals surface area contributed by atoms with Gasteiger partial charge in [0, 0.05) is 13.1 Å². The van der Waals surface area contributed by atoms with E-state index in [0.29, 0.717) is 6.42 Å². The van der Waals surface area contributed by atoms with Gasteiger partial charge in [0.2, 0.25) is 0 Å². The van der Waals surface area contributed by atoms with Crippen LogP contribution in [0.2, 0.25) is 0 Å². The molecule has 0 spiro atoms. The number of nitrogens with zero attached hydrogens (tertiary/aromatic N) is 1. The fraction of sp³-hybridized carbons (Fsp3) is 0.700. The number of carbonyl (C=O) groups is 1. The smallest absolute Gasteiger partial charge is 0.253 e. The van der Waals surface area contributed by atoms with Crippen LogP contribution in [0.4, 0.5) is 0 Å². The van der Waals surface area contributed by atoms with E-state index in [2.05, 4.69) is 12.0 Å². The molecule has 0 aromatic rings. The van der Waals surface area contributed by atoms with Crippen molar-refractivity contribution in [3.8, 4) is 0 Å². The van der Waals surface area contributed by atoms with Gasteiger partial charge in [-0.15, -0.1) is 6.58 Å². The Morgan fingerprint density at radius 2 is 2.36 bits per heavy atom. The van der Waals surface area contributed by atoms with Gasteiger partial charge in [-0.2, -0.15) is 0 Å². The quantitative estimate of drug-likeness (QED) is 0.644. The molecule has 0 saturated carbocycles. The number of hydrogen-bond acceptors (Lipinski definition) is 3. The third-order valence-electron chi connectivity index (χ3n) is 2.26. The van der Waals surface area contributed by atoms with Gasteiger partial charge in [-0.05, 0) is 26.2 Å². The van der Waals surface area contributed by atoms with Crippen LogP contribution in [0.15, 0.2) is 12.2 Å². The standard InChI is InChI=1S/C10H19N3O/c1-8(2)7-9(11)10(14)13-6-4-3-5-12-13/h9,12H,1,3-7,11H2,2H3. The Morgan fingerprint density at radius 1 is 1.64 bits per heavy atom. The summed E-state index contributed by atoms with van der Waals surface area (Å²) in [6.07, 6.45) is 2.75. The molecule has 1 fully saturated rings. The lowest BCUT2D eigenvalue weighted by Gasteiger charge is -2.29. The van der Waals surface area contributed by atoms with Crippen LogP contribution in [0, 0.1) is 0 Å². The van der Waals surface area contributed by atoms with Gasteiger partial charge in [0.05, 0.1) is 6.04 Å². The molecule has 0 aromatic carbocycles. The Morgan fingerprint density at radius 3 is 2.86 bits per heavy atom. The minimum absolute atomic E-state index is 0.0206. The van der Waals surface area contributed by atoms with E-state index in [0.717, 1.165) is 31.5 Å². The van der Waals surface area contributed by atoms with E-state index in [1.165, 1.54) is 0 Å². The van der Waals surface area contributed by atoms with E-state index < -0.39 is 6.04 Å². The molecule has 0 bridgehead atoms. The lowest BCUT2D eigenvalue weighted by atomic mass is 10.1. The molecule has 1 aliphatic rings. The van der Waals surface area contributed by atoms with Gasteiger partial charge in [-0.1, -0.05) is 5.57 Å². The van der Waals surface area contributed by atoms with Crippen molar-refractivity contribution in [1.82, 2.24) is 10.4 Å². The number of rotatable bonds is 3. The number of nitrogens with two attached hydrogens (primary N) is 1. The van der Waals surface area contributed by atoms with Gasteiger partial charge < -0.3 is 5.73 Å². The highest BCUT2D eigenvalue weighted by molar-refractivity contribution is 5.81. The second kappa shape index (κ2) is 5.12. The zero-order valence-corrected chi connectivity index (χ0v) is 8.75. The average molecular weight is 197 g/mol. The van der Waals surface area contributed by atoms with Crippen LogP contribution < -0.4 is 11.2 Å². The molecule has 1 amide bonds. The first-order chi connectivity index (χ1) is 6.61. The third-order valence-corrected chi connectivity index (χ3v) is 2.26. The summed E-state index contributed by atoms with van der Waals surface area (Å²) < 4.78 is 0. The second-order valence-electron chi connectivity index (χ2n) is 3.87. The molecule has 3 N–H and O–H groups in total. The Bertz CT molecular complexity index is 221. The molecule has 1 aliphatic heterocycles. The van der Waals surface area contributed by atoms with E-state index >= 15 is 0 Å². The van der Waals surface area contributed by atoms with Gasteiger partial charge in [0.15, 0.2) is 0 Å². The highest BCUT2D eigenvalue weighted by Crippen LogP contribution is 2.06. The van der Waals surface area contributed by atoms with E-state index in [-0.39, 0.29) is 5.91 Å². The summed E-state index contributed by atoms with van der Waals surface area (Å²) in [4.78, 5) is 11.7. The molecule has 1 unspecified atom stereocenters. The molecule has 4 nitrogen and oxygen atoms in total. The number of nitrogens with one attached hydrogen (secondary N) is 1. The lowest BCUT2D eigenvalue weighted by Crippen LogP contribution is -2.53. The van der Waals surface area contributed by atoms with Gasteiger partial charge >= 0.3 is 0 Å². The van der Waals surface area contributed by atoms with Crippen LogP contribution in [-0.2, 0) is 4.79 Å². The van der Waals surface area contributed by atoms with E-state index in [4.69, 9.17) is 5.73 Å². The highest BCUT2D eigenvalue weighted by Gasteiger charge is 2.22. The number of carbonyl (C=O) groups excluding carboxylic acids is 1. The van der Waals surface area contributed by atoms with Crippen molar-refractivity contribution >= 4 is 5.91 Å². The maximum absolute atomic E-state index is 11.7. The maximum Gasteiger partial charge on any atom is 0.253 e. The molecule has 4 heteroatoms. The van der Waals surface area contributed by atoms with Crippen molar-refractivity contribution in [3.05, 3.63) is 12.2 Å². The lowest BCUT2D eigenvalue weighted by molar-refractivity contribution is -0.136. The summed E-state index contributed by atoms with van der Waals surface area (Å²) in [5.74, 6) is -0.0206. The van der Waals surface area contributed by atoms with Crippen molar-refractivity contribution < 1.29 is 4.79 Å². The van der Waals surface area contributed by atoms with Crippen LogP contribution >= 0.6 is 0 Å². The van der Waals surface area contributed by atoms with E-state index in [1.54, 1.807) is 5.01 Å². The van der Waals surface area contributed by atoms with Crippen molar-refractivity contribution in [2.24, 2.45) is 5.73 Å². The zero-order valence-electron chi connectivity index (χ0n) is 8.75. The summed E-state index contributed by atoms with van der Waals surface area (Å²) in [5.41, 5.74) is 9.75. The fourth-order valence-corrected chi connectivity index (χ4v) is 1.54. The fourth-order valence-electron chi connectivity index (χ4n) is 1.54. The first-order valence-electron chi connectivity index (χ1n) is 5.06. The van der Waals surface area contributed by atoms with Crippen LogP contribution in [0.3, 0.4) is 0 Å². The zero-order chi connectivity index (χ0) is 10.6. The monoisotopic (exact) mass is 197 g/mol. The molecular weight excluding hydrogens is 178 g/mol. The van der Waals surface area contributed by atoms with Crippen LogP contribution in [-0.4, -0.2) is 30.0 Å². The summed E-state index contributed by atoms with van der Waals surface area (Å²) in [7, 11) is 0. The third kappa shape index (κ3) is 3.12. The average Bonchev–Trinajstić information content (AvgIpc) is 2.17. The Kier molecular flexibility index (Phi) is 4.10. The van der Waals surface area contributed by atoms with Crippen molar-refractivity contribution in [2.45, 2.75) is 32.2 Å². The minimum atomic E-state index is -0.446. The minimum Gasteiger partial charge on any atom is -0.320 e. The van der Waals surface area contributed by atoms with Crippen molar-refractivity contribution in [3.63, 3.8) is 0 Å². The Balaban J connectivity index is 2.42. The van der Waals surface area contributed by atoms with Crippen molar-refractivity contribution in [2.75, 3.05) is 13.1 Å². The van der Waals surface area contributed by atoms with E-state index in [9.17, 15) is 4.79 Å². The second-order valence-corrected chi connectivity index (χ2v) is 3.87. The van der Waals surface area contributed by atoms with E-state index in [1.807, 2.05) is 6.92 Å². The van der Waals surface area contributed by atoms with Crippen LogP contribution in [0.5, 0.6) is 0 Å². The van der Waals surface area contributed by atoms with Gasteiger partial charge in [0.25, 0.3) is 5.91 Å². The predicted molar refractivity (Wildman–Crippen MR) is 56.4 cm³/mol. The molecule has 0 radical (unpaired) electrons. The van der Waals surface area contributed by atoms with Gasteiger partial charge in [-0.25, -0.2) is 5.43 Å². The molecule has 80 valence electrons. The van der Waals surface area contributed by atoms with Crippen molar-refractivity contribution in [1.29, 1.82) is 0 Å². The van der Waals surface area contributed by atoms with Gasteiger partial charge in [0.1, 0.15) is 0 Å². The first kappa shape index (κ1) is 11.2. The molecule has 1 atom stereocenters. The summed E-state index contributed by atoms with van der Waals surface area (Å²) in [5, 5.41) is 1.64. The number of amides is 1. The molecule has 0 aromatic heterocycles. The molecular formula is C10H19N3O. The summed E-state index contributed by atoms with van der Waals surface area (Å²) >= 11 is 0. The molecule has 0 aliphatic carbocycles. The summed E-state index contributed by atoms with van der Waals surface area (Å²) in [6.45, 7) is 7.27. The molecule has 1 heterocycles. The topological polar surface area (TPSA) is 58.4 Å². The SMILES string of the molecule is C=C(C)CC(N)C(=O)N1CCCCN1. The molecule has 14 heavy (non-hydrogen) atoms. The number of hydrazine groups is 1. The predicted octanol–water partition coefficient (Wildman–Crippen LogP) is 0.407. The Labute approximate surface area is 85.1 Å². The molecule has 1 saturated heterocycles. The number of hydrogen-bond donors (Lipinski definition) is 2. The highest BCUT2D eigenvalue weighted by atomic mass is 16.2. The van der Waals surface area contributed by atoms with Crippen LogP contribution in [0.25, 0.3) is 0 Å². The molecule has 1 rings (SSSR count). The van der Waals surface area contributed by atoms with Gasteiger partial charge in [-0.3, -0.25) is 9.80 Å². The maximum atomic E-state index is 11.7. The first-order valence-corrected chi connectivity index (χ1v) is 5.06.